The SMILES string of the molecule is CN(CC(=O)N1CCOCC1)C(=O)c1ccc(NC2CC2)c([N+](=O)[O-])c1. The minimum Gasteiger partial charge on any atom is -0.378 e. The zero-order valence-corrected chi connectivity index (χ0v) is 14.6. The van der Waals surface area contributed by atoms with E-state index in [1.165, 1.54) is 18.0 Å². The highest BCUT2D eigenvalue weighted by molar-refractivity contribution is 5.97. The molecule has 0 unspecified atom stereocenters. The molecule has 1 heterocycles. The van der Waals surface area contributed by atoms with Crippen LogP contribution in [0.4, 0.5) is 11.4 Å². The van der Waals surface area contributed by atoms with Gasteiger partial charge in [0, 0.05) is 37.8 Å². The molecule has 0 radical (unpaired) electrons. The van der Waals surface area contributed by atoms with Gasteiger partial charge in [-0.15, -0.1) is 0 Å². The average molecular weight is 362 g/mol. The minimum absolute atomic E-state index is 0.0747. The number of nitro groups is 1. The van der Waals surface area contributed by atoms with Crippen LogP contribution in [0.2, 0.25) is 0 Å². The van der Waals surface area contributed by atoms with E-state index in [0.29, 0.717) is 32.0 Å². The molecule has 2 aliphatic rings. The molecule has 1 saturated carbocycles. The summed E-state index contributed by atoms with van der Waals surface area (Å²) in [5.41, 5.74) is 0.479. The average Bonchev–Trinajstić information content (AvgIpc) is 3.46. The van der Waals surface area contributed by atoms with Gasteiger partial charge in [-0.3, -0.25) is 19.7 Å². The predicted octanol–water partition coefficient (Wildman–Crippen LogP) is 1.10. The number of rotatable bonds is 6. The first-order valence-electron chi connectivity index (χ1n) is 8.61. The van der Waals surface area contributed by atoms with Crippen molar-refractivity contribution >= 4 is 23.2 Å². The Morgan fingerprint density at radius 1 is 1.35 bits per heavy atom. The Kier molecular flexibility index (Phi) is 5.36. The Bertz CT molecular complexity index is 713. The smallest absolute Gasteiger partial charge is 0.293 e. The number of nitrogens with one attached hydrogen (secondary N) is 1. The van der Waals surface area contributed by atoms with Crippen molar-refractivity contribution in [3.05, 3.63) is 33.9 Å². The van der Waals surface area contributed by atoms with Gasteiger partial charge in [0.1, 0.15) is 5.69 Å². The number of hydrogen-bond acceptors (Lipinski definition) is 6. The lowest BCUT2D eigenvalue weighted by atomic mass is 10.1. The van der Waals surface area contributed by atoms with Crippen LogP contribution in [0, 0.1) is 10.1 Å². The third-order valence-corrected chi connectivity index (χ3v) is 4.46. The van der Waals surface area contributed by atoms with Crippen molar-refractivity contribution in [3.8, 4) is 0 Å². The van der Waals surface area contributed by atoms with Crippen LogP contribution in [0.1, 0.15) is 23.2 Å². The molecular formula is C17H22N4O5. The number of likely N-dealkylation sites (N-methyl/N-ethyl adjacent to an activating group) is 1. The molecule has 1 saturated heterocycles. The summed E-state index contributed by atoms with van der Waals surface area (Å²) in [6, 6.07) is 4.64. The van der Waals surface area contributed by atoms with Crippen LogP contribution in [0.3, 0.4) is 0 Å². The molecule has 1 aromatic rings. The Labute approximate surface area is 151 Å². The Hall–Kier alpha value is -2.68. The molecule has 1 aliphatic heterocycles. The largest absolute Gasteiger partial charge is 0.378 e. The fourth-order valence-electron chi connectivity index (χ4n) is 2.79. The lowest BCUT2D eigenvalue weighted by Gasteiger charge is -2.28. The summed E-state index contributed by atoms with van der Waals surface area (Å²) >= 11 is 0. The topological polar surface area (TPSA) is 105 Å². The zero-order valence-electron chi connectivity index (χ0n) is 14.6. The summed E-state index contributed by atoms with van der Waals surface area (Å²) in [6.45, 7) is 1.92. The van der Waals surface area contributed by atoms with Crippen molar-refractivity contribution in [1.29, 1.82) is 0 Å². The summed E-state index contributed by atoms with van der Waals surface area (Å²) in [5.74, 6) is -0.585. The molecule has 1 aliphatic carbocycles. The van der Waals surface area contributed by atoms with E-state index in [1.54, 1.807) is 17.0 Å². The number of morpholine rings is 1. The van der Waals surface area contributed by atoms with Gasteiger partial charge in [0.05, 0.1) is 24.7 Å². The second-order valence-electron chi connectivity index (χ2n) is 6.56. The molecule has 1 aromatic carbocycles. The third kappa shape index (κ3) is 4.29. The summed E-state index contributed by atoms with van der Waals surface area (Å²) in [5, 5.41) is 14.4. The number of nitro benzene ring substituents is 1. The number of hydrogen-bond donors (Lipinski definition) is 1. The van der Waals surface area contributed by atoms with Gasteiger partial charge in [0.2, 0.25) is 5.91 Å². The van der Waals surface area contributed by atoms with Crippen molar-refractivity contribution in [2.45, 2.75) is 18.9 Å². The highest BCUT2D eigenvalue weighted by atomic mass is 16.6. The quantitative estimate of drug-likeness (QED) is 0.600. The summed E-state index contributed by atoms with van der Waals surface area (Å²) in [7, 11) is 1.52. The number of nitrogens with zero attached hydrogens (tertiary/aromatic N) is 3. The first kappa shape index (κ1) is 18.1. The third-order valence-electron chi connectivity index (χ3n) is 4.46. The molecule has 9 heteroatoms. The van der Waals surface area contributed by atoms with E-state index in [9.17, 15) is 19.7 Å². The molecule has 3 rings (SSSR count). The number of anilines is 1. The van der Waals surface area contributed by atoms with Crippen LogP contribution in [0.15, 0.2) is 18.2 Å². The van der Waals surface area contributed by atoms with Gasteiger partial charge < -0.3 is 19.9 Å². The lowest BCUT2D eigenvalue weighted by molar-refractivity contribution is -0.384. The second kappa shape index (κ2) is 7.69. The monoisotopic (exact) mass is 362 g/mol. The van der Waals surface area contributed by atoms with E-state index in [-0.39, 0.29) is 29.7 Å². The molecule has 9 nitrogen and oxygen atoms in total. The molecule has 140 valence electrons. The van der Waals surface area contributed by atoms with Gasteiger partial charge >= 0.3 is 0 Å². The highest BCUT2D eigenvalue weighted by Gasteiger charge is 2.27. The Morgan fingerprint density at radius 2 is 2.04 bits per heavy atom. The molecule has 0 bridgehead atoms. The van der Waals surface area contributed by atoms with Crippen molar-refractivity contribution in [3.63, 3.8) is 0 Å². The fraction of sp³-hybridized carbons (Fsp3) is 0.529. The maximum atomic E-state index is 12.6. The number of benzene rings is 1. The van der Waals surface area contributed by atoms with Crippen molar-refractivity contribution in [2.24, 2.45) is 0 Å². The first-order chi connectivity index (χ1) is 12.5. The highest BCUT2D eigenvalue weighted by Crippen LogP contribution is 2.31. The fourth-order valence-corrected chi connectivity index (χ4v) is 2.79. The lowest BCUT2D eigenvalue weighted by Crippen LogP contribution is -2.46. The van der Waals surface area contributed by atoms with Crippen molar-refractivity contribution in [2.75, 3.05) is 45.2 Å². The molecule has 1 N–H and O–H groups in total. The Balaban J connectivity index is 1.68. The van der Waals surface area contributed by atoms with Gasteiger partial charge in [-0.05, 0) is 25.0 Å². The van der Waals surface area contributed by atoms with Crippen LogP contribution < -0.4 is 5.32 Å². The number of carbonyl (C=O) groups excluding carboxylic acids is 2. The molecule has 26 heavy (non-hydrogen) atoms. The van der Waals surface area contributed by atoms with Gasteiger partial charge in [-0.2, -0.15) is 0 Å². The number of carbonyl (C=O) groups is 2. The van der Waals surface area contributed by atoms with E-state index in [4.69, 9.17) is 4.74 Å². The van der Waals surface area contributed by atoms with E-state index in [1.807, 2.05) is 0 Å². The van der Waals surface area contributed by atoms with Crippen LogP contribution in [0.25, 0.3) is 0 Å². The standard InChI is InChI=1S/C17H22N4O5/c1-19(11-16(22)20-6-8-26-9-7-20)17(23)12-2-5-14(18-13-3-4-13)15(10-12)21(24)25/h2,5,10,13,18H,3-4,6-9,11H2,1H3. The number of amides is 2. The Morgan fingerprint density at radius 3 is 2.65 bits per heavy atom. The maximum absolute atomic E-state index is 12.6. The molecule has 0 aromatic heterocycles. The van der Waals surface area contributed by atoms with Gasteiger partial charge in [-0.25, -0.2) is 0 Å². The van der Waals surface area contributed by atoms with Gasteiger partial charge in [0.25, 0.3) is 11.6 Å². The molecular weight excluding hydrogens is 340 g/mol. The second-order valence-corrected chi connectivity index (χ2v) is 6.56. The first-order valence-corrected chi connectivity index (χ1v) is 8.61. The molecule has 0 atom stereocenters. The molecule has 0 spiro atoms. The van der Waals surface area contributed by atoms with E-state index < -0.39 is 10.8 Å². The van der Waals surface area contributed by atoms with Crippen LogP contribution in [-0.2, 0) is 9.53 Å². The van der Waals surface area contributed by atoms with Crippen molar-refractivity contribution in [1.82, 2.24) is 9.80 Å². The van der Waals surface area contributed by atoms with E-state index in [0.717, 1.165) is 12.8 Å². The minimum atomic E-state index is -0.500. The van der Waals surface area contributed by atoms with Crippen LogP contribution in [0.5, 0.6) is 0 Å². The molecule has 2 fully saturated rings. The maximum Gasteiger partial charge on any atom is 0.293 e. The normalized spacial score (nSPS) is 16.9. The summed E-state index contributed by atoms with van der Waals surface area (Å²) < 4.78 is 5.21. The van der Waals surface area contributed by atoms with Gasteiger partial charge in [-0.1, -0.05) is 0 Å². The zero-order chi connectivity index (χ0) is 18.7. The van der Waals surface area contributed by atoms with Crippen molar-refractivity contribution < 1.29 is 19.2 Å². The molecule has 2 amide bonds. The number of ether oxygens (including phenoxy) is 1. The summed E-state index contributed by atoms with van der Waals surface area (Å²) in [6.07, 6.45) is 1.98. The predicted molar refractivity (Wildman–Crippen MR) is 94.1 cm³/mol. The van der Waals surface area contributed by atoms with Crippen LogP contribution >= 0.6 is 0 Å². The van der Waals surface area contributed by atoms with Gasteiger partial charge in [0.15, 0.2) is 0 Å². The van der Waals surface area contributed by atoms with E-state index in [2.05, 4.69) is 5.32 Å². The van der Waals surface area contributed by atoms with Crippen LogP contribution in [-0.4, -0.2) is 72.5 Å². The van der Waals surface area contributed by atoms with E-state index >= 15 is 0 Å². The summed E-state index contributed by atoms with van der Waals surface area (Å²) in [4.78, 5) is 38.6.